The quantitative estimate of drug-likeness (QED) is 0.158. The number of ether oxygens (including phenoxy) is 1. The summed E-state index contributed by atoms with van der Waals surface area (Å²) in [4.78, 5) is 89.2. The van der Waals surface area contributed by atoms with Gasteiger partial charge in [0.2, 0.25) is 23.5 Å². The molecule has 14 heteroatoms. The molecule has 14 nitrogen and oxygen atoms in total. The van der Waals surface area contributed by atoms with Crippen LogP contribution < -0.4 is 21.3 Å². The van der Waals surface area contributed by atoms with Crippen molar-refractivity contribution in [2.45, 2.75) is 98.3 Å². The van der Waals surface area contributed by atoms with E-state index in [-0.39, 0.29) is 37.3 Å². The van der Waals surface area contributed by atoms with Gasteiger partial charge in [0.05, 0.1) is 12.6 Å². The van der Waals surface area contributed by atoms with E-state index in [1.54, 1.807) is 34.6 Å². The van der Waals surface area contributed by atoms with Gasteiger partial charge in [0.25, 0.3) is 5.91 Å². The Morgan fingerprint density at radius 1 is 0.905 bits per heavy atom. The van der Waals surface area contributed by atoms with Crippen molar-refractivity contribution in [2.24, 2.45) is 17.8 Å². The first-order chi connectivity index (χ1) is 19.6. The second-order valence-electron chi connectivity index (χ2n) is 11.6. The Hall–Kier alpha value is -3.71. The minimum Gasteiger partial charge on any atom is -0.480 e. The number of hydrogen-bond acceptors (Lipinski definition) is 8. The van der Waals surface area contributed by atoms with Gasteiger partial charge in [-0.15, -0.1) is 0 Å². The van der Waals surface area contributed by atoms with E-state index in [9.17, 15) is 33.6 Å². The summed E-state index contributed by atoms with van der Waals surface area (Å²) in [5.74, 6) is -5.67. The maximum absolute atomic E-state index is 13.7. The third-order valence-corrected chi connectivity index (χ3v) is 6.67. The number of amides is 5. The fraction of sp³-hybridized carbons (Fsp3) is 0.750. The maximum atomic E-state index is 13.7. The van der Waals surface area contributed by atoms with Gasteiger partial charge in [-0.1, -0.05) is 54.9 Å². The number of alkyl carbamates (subject to hydrolysis) is 1. The topological polar surface area (TPSA) is 200 Å². The molecule has 1 saturated heterocycles. The van der Waals surface area contributed by atoms with E-state index in [0.29, 0.717) is 19.3 Å². The molecule has 0 aromatic rings. The lowest BCUT2D eigenvalue weighted by Gasteiger charge is -2.32. The van der Waals surface area contributed by atoms with Crippen LogP contribution in [0.15, 0.2) is 0 Å². The maximum Gasteiger partial charge on any atom is 0.407 e. The Bertz CT molecular complexity index is 998. The van der Waals surface area contributed by atoms with Crippen LogP contribution in [-0.4, -0.2) is 95.3 Å². The zero-order valence-corrected chi connectivity index (χ0v) is 25.7. The van der Waals surface area contributed by atoms with Crippen molar-refractivity contribution < 1.29 is 43.4 Å². The van der Waals surface area contributed by atoms with Gasteiger partial charge in [-0.05, 0) is 37.0 Å². The highest BCUT2D eigenvalue weighted by atomic mass is 16.5. The number of nitrogens with one attached hydrogen (secondary N) is 4. The highest BCUT2D eigenvalue weighted by Gasteiger charge is 2.41. The molecule has 0 saturated carbocycles. The fourth-order valence-electron chi connectivity index (χ4n) is 4.41. The van der Waals surface area contributed by atoms with Crippen LogP contribution in [0.2, 0.25) is 0 Å². The molecular weight excluding hydrogens is 550 g/mol. The number of likely N-dealkylation sites (tertiary alicyclic amines) is 1. The summed E-state index contributed by atoms with van der Waals surface area (Å²) in [7, 11) is 0. The largest absolute Gasteiger partial charge is 0.480 e. The smallest absolute Gasteiger partial charge is 0.407 e. The molecule has 4 atom stereocenters. The molecule has 0 aromatic carbocycles. The Balaban J connectivity index is 3.02. The van der Waals surface area contributed by atoms with Crippen molar-refractivity contribution in [1.82, 2.24) is 26.2 Å². The van der Waals surface area contributed by atoms with Crippen LogP contribution >= 0.6 is 0 Å². The first-order valence-corrected chi connectivity index (χ1v) is 14.5. The number of nitrogens with zero attached hydrogens (tertiary/aromatic N) is 1. The number of carboxylic acid groups (broad SMARTS) is 1. The lowest BCUT2D eigenvalue weighted by Crippen LogP contribution is -2.59. The summed E-state index contributed by atoms with van der Waals surface area (Å²) in [6, 6.07) is -4.10. The Labute approximate surface area is 247 Å². The summed E-state index contributed by atoms with van der Waals surface area (Å²) >= 11 is 0. The van der Waals surface area contributed by atoms with Crippen LogP contribution in [0.1, 0.15) is 74.1 Å². The van der Waals surface area contributed by atoms with Crippen molar-refractivity contribution in [3.8, 4) is 0 Å². The third-order valence-electron chi connectivity index (χ3n) is 6.67. The molecule has 0 aliphatic carbocycles. The van der Waals surface area contributed by atoms with Crippen molar-refractivity contribution in [2.75, 3.05) is 19.7 Å². The van der Waals surface area contributed by atoms with Crippen LogP contribution in [0.25, 0.3) is 0 Å². The van der Waals surface area contributed by atoms with Gasteiger partial charge in [0.1, 0.15) is 24.7 Å². The second kappa shape index (κ2) is 17.3. The summed E-state index contributed by atoms with van der Waals surface area (Å²) < 4.78 is 5.14. The van der Waals surface area contributed by atoms with E-state index in [1.165, 1.54) is 4.90 Å². The van der Waals surface area contributed by atoms with Gasteiger partial charge in [-0.2, -0.15) is 0 Å². The molecule has 5 N–H and O–H groups in total. The molecule has 1 rings (SSSR count). The van der Waals surface area contributed by atoms with Crippen molar-refractivity contribution >= 4 is 41.5 Å². The highest BCUT2D eigenvalue weighted by molar-refractivity contribution is 6.38. The van der Waals surface area contributed by atoms with E-state index >= 15 is 0 Å². The Kier molecular flexibility index (Phi) is 15.0. The highest BCUT2D eigenvalue weighted by Crippen LogP contribution is 2.21. The fourth-order valence-corrected chi connectivity index (χ4v) is 4.41. The van der Waals surface area contributed by atoms with Gasteiger partial charge in [-0.25, -0.2) is 4.79 Å². The molecule has 1 aliphatic rings. The SMILES string of the molecule is CCCC(NC(=O)[C@@H]1CCCN1C(=O)[C@@H](NC(=O)[C@@H](NC(=O)OCC(C)C)C(C)C)C(C)C)C(=O)C(=O)NCC(=O)O. The predicted molar refractivity (Wildman–Crippen MR) is 152 cm³/mol. The van der Waals surface area contributed by atoms with E-state index in [0.717, 1.165) is 0 Å². The van der Waals surface area contributed by atoms with Gasteiger partial charge in [0, 0.05) is 6.54 Å². The van der Waals surface area contributed by atoms with Crippen molar-refractivity contribution in [3.05, 3.63) is 0 Å². The number of hydrogen-bond donors (Lipinski definition) is 5. The zero-order valence-electron chi connectivity index (χ0n) is 25.7. The van der Waals surface area contributed by atoms with Crippen LogP contribution in [-0.2, 0) is 33.5 Å². The van der Waals surface area contributed by atoms with Crippen molar-refractivity contribution in [3.63, 3.8) is 0 Å². The Morgan fingerprint density at radius 2 is 1.52 bits per heavy atom. The normalized spacial score (nSPS) is 16.9. The average molecular weight is 598 g/mol. The van der Waals surface area contributed by atoms with Gasteiger partial charge >= 0.3 is 12.1 Å². The molecule has 5 amide bonds. The minimum atomic E-state index is -1.32. The lowest BCUT2D eigenvalue weighted by atomic mass is 9.99. The summed E-state index contributed by atoms with van der Waals surface area (Å²) in [5.41, 5.74) is 0. The zero-order chi connectivity index (χ0) is 32.1. The monoisotopic (exact) mass is 597 g/mol. The standard InChI is InChI=1S/C28H47N5O9/c1-8-10-18(23(36)26(39)29-13-20(34)35)30-24(37)19-11-9-12-33(19)27(40)22(17(6)7)31-25(38)21(16(4)5)32-28(41)42-14-15(2)3/h15-19,21-22H,8-14H2,1-7H3,(H,29,39)(H,30,37)(H,31,38)(H,32,41)(H,34,35)/t18?,19-,21-,22-/m0/s1. The van der Waals surface area contributed by atoms with Gasteiger partial charge in [-0.3, -0.25) is 28.8 Å². The second-order valence-corrected chi connectivity index (χ2v) is 11.6. The van der Waals surface area contributed by atoms with Gasteiger partial charge in [0.15, 0.2) is 0 Å². The Morgan fingerprint density at radius 3 is 2.05 bits per heavy atom. The number of carbonyl (C=O) groups is 7. The lowest BCUT2D eigenvalue weighted by molar-refractivity contribution is -0.144. The van der Waals surface area contributed by atoms with Crippen LogP contribution in [0.4, 0.5) is 4.79 Å². The van der Waals surface area contributed by atoms with Crippen LogP contribution in [0, 0.1) is 17.8 Å². The third kappa shape index (κ3) is 11.3. The number of aliphatic carboxylic acids is 1. The van der Waals surface area contributed by atoms with E-state index in [2.05, 4.69) is 16.0 Å². The van der Waals surface area contributed by atoms with E-state index in [4.69, 9.17) is 9.84 Å². The first kappa shape index (κ1) is 36.3. The number of carboxylic acids is 1. The summed E-state index contributed by atoms with van der Waals surface area (Å²) in [5, 5.41) is 18.6. The molecular formula is C28H47N5O9. The summed E-state index contributed by atoms with van der Waals surface area (Å²) in [6.45, 7) is 12.2. The predicted octanol–water partition coefficient (Wildman–Crippen LogP) is 0.580. The minimum absolute atomic E-state index is 0.111. The molecule has 42 heavy (non-hydrogen) atoms. The van der Waals surface area contributed by atoms with E-state index in [1.807, 2.05) is 19.2 Å². The van der Waals surface area contributed by atoms with Crippen LogP contribution in [0.3, 0.4) is 0 Å². The molecule has 0 spiro atoms. The number of carbonyl (C=O) groups excluding carboxylic acids is 6. The van der Waals surface area contributed by atoms with Crippen LogP contribution in [0.5, 0.6) is 0 Å². The van der Waals surface area contributed by atoms with Gasteiger partial charge < -0.3 is 36.0 Å². The number of rotatable bonds is 16. The first-order valence-electron chi connectivity index (χ1n) is 14.5. The molecule has 1 fully saturated rings. The average Bonchev–Trinajstić information content (AvgIpc) is 3.40. The van der Waals surface area contributed by atoms with E-state index < -0.39 is 72.2 Å². The molecule has 0 radical (unpaired) electrons. The molecule has 0 bridgehead atoms. The molecule has 1 heterocycles. The van der Waals surface area contributed by atoms with Crippen molar-refractivity contribution in [1.29, 1.82) is 0 Å². The molecule has 1 unspecified atom stereocenters. The molecule has 0 aromatic heterocycles. The molecule has 1 aliphatic heterocycles. The summed E-state index contributed by atoms with van der Waals surface area (Å²) in [6.07, 6.45) is 0.667. The number of Topliss-reactive ketones (excluding diaryl/α,β-unsaturated/α-hetero) is 1. The molecule has 238 valence electrons. The number of ketones is 1.